The first-order valence-corrected chi connectivity index (χ1v) is 7.38. The van der Waals surface area contributed by atoms with E-state index in [0.29, 0.717) is 17.2 Å². The number of rotatable bonds is 5. The molecule has 0 saturated heterocycles. The third kappa shape index (κ3) is 3.80. The van der Waals surface area contributed by atoms with Gasteiger partial charge in [-0.15, -0.1) is 0 Å². The maximum absolute atomic E-state index is 12.4. The summed E-state index contributed by atoms with van der Waals surface area (Å²) in [5.41, 5.74) is 1.84. The summed E-state index contributed by atoms with van der Waals surface area (Å²) in [6.45, 7) is 2.22. The van der Waals surface area contributed by atoms with E-state index in [4.69, 9.17) is 4.74 Å². The Labute approximate surface area is 135 Å². The molecule has 0 bridgehead atoms. The fourth-order valence-electron chi connectivity index (χ4n) is 2.19. The van der Waals surface area contributed by atoms with Gasteiger partial charge in [0.15, 0.2) is 6.20 Å². The van der Waals surface area contributed by atoms with Gasteiger partial charge < -0.3 is 4.74 Å². The summed E-state index contributed by atoms with van der Waals surface area (Å²) in [5, 5.41) is 0. The largest absolute Gasteiger partial charge is 0.404 e. The first-order chi connectivity index (χ1) is 11.2. The van der Waals surface area contributed by atoms with Crippen LogP contribution in [0.15, 0.2) is 73.2 Å². The number of Topliss-reactive ketones (excluding diaryl/α,β-unsaturated/α-hetero) is 1. The van der Waals surface area contributed by atoms with Crippen LogP contribution >= 0.6 is 0 Å². The van der Waals surface area contributed by atoms with Crippen molar-refractivity contribution in [2.45, 2.75) is 13.5 Å². The average Bonchev–Trinajstić information content (AvgIpc) is 2.59. The molecule has 0 N–H and O–H groups in total. The highest BCUT2D eigenvalue weighted by molar-refractivity contribution is 5.94. The van der Waals surface area contributed by atoms with Crippen molar-refractivity contribution in [3.8, 4) is 11.6 Å². The zero-order valence-corrected chi connectivity index (χ0v) is 12.8. The van der Waals surface area contributed by atoms with Gasteiger partial charge in [0.25, 0.3) is 0 Å². The average molecular weight is 305 g/mol. The fraction of sp³-hybridized carbons (Fsp3) is 0.105. The van der Waals surface area contributed by atoms with Crippen LogP contribution in [0.3, 0.4) is 0 Å². The summed E-state index contributed by atoms with van der Waals surface area (Å²) in [4.78, 5) is 16.4. The quantitative estimate of drug-likeness (QED) is 0.536. The summed E-state index contributed by atoms with van der Waals surface area (Å²) in [6.07, 6.45) is 4.99. The zero-order valence-electron chi connectivity index (χ0n) is 12.8. The lowest BCUT2D eigenvalue weighted by molar-refractivity contribution is -0.687. The Morgan fingerprint density at radius 3 is 2.57 bits per heavy atom. The van der Waals surface area contributed by atoms with Crippen LogP contribution in [-0.4, -0.2) is 10.8 Å². The molecule has 0 unspecified atom stereocenters. The molecule has 0 spiro atoms. The van der Waals surface area contributed by atoms with Gasteiger partial charge in [-0.25, -0.2) is 4.98 Å². The molecule has 1 heterocycles. The van der Waals surface area contributed by atoms with Gasteiger partial charge in [-0.1, -0.05) is 48.0 Å². The molecule has 0 atom stereocenters. The molecule has 4 heteroatoms. The molecule has 0 aliphatic heterocycles. The van der Waals surface area contributed by atoms with Crippen molar-refractivity contribution >= 4 is 5.78 Å². The van der Waals surface area contributed by atoms with Crippen LogP contribution in [0.5, 0.6) is 11.6 Å². The van der Waals surface area contributed by atoms with Crippen molar-refractivity contribution in [1.82, 2.24) is 4.98 Å². The molecule has 23 heavy (non-hydrogen) atoms. The standard InChI is InChI=1S/C19H17N2O2/c1-15-7-9-17(10-8-15)23-19-13-20-11-12-21(19)14-18(22)16-5-3-2-4-6-16/h2-13H,14H2,1H3/q+1. The number of carbonyl (C=O) groups is 1. The number of nitrogens with zero attached hydrogens (tertiary/aromatic N) is 2. The Kier molecular flexibility index (Phi) is 4.43. The molecule has 0 aliphatic carbocycles. The molecular weight excluding hydrogens is 288 g/mol. The van der Waals surface area contributed by atoms with Gasteiger partial charge in [-0.3, -0.25) is 4.79 Å². The van der Waals surface area contributed by atoms with E-state index in [9.17, 15) is 4.79 Å². The third-order valence-electron chi connectivity index (χ3n) is 3.45. The van der Waals surface area contributed by atoms with Crippen molar-refractivity contribution in [2.24, 2.45) is 0 Å². The Morgan fingerprint density at radius 1 is 1.09 bits per heavy atom. The Hall–Kier alpha value is -3.01. The second-order valence-electron chi connectivity index (χ2n) is 5.25. The van der Waals surface area contributed by atoms with Crippen LogP contribution in [0, 0.1) is 6.92 Å². The maximum atomic E-state index is 12.4. The highest BCUT2D eigenvalue weighted by Crippen LogP contribution is 2.17. The predicted molar refractivity (Wildman–Crippen MR) is 86.5 cm³/mol. The molecule has 0 amide bonds. The van der Waals surface area contributed by atoms with E-state index in [2.05, 4.69) is 4.98 Å². The van der Waals surface area contributed by atoms with Crippen LogP contribution in [0.2, 0.25) is 0 Å². The lowest BCUT2D eigenvalue weighted by Crippen LogP contribution is -2.39. The van der Waals surface area contributed by atoms with E-state index in [0.717, 1.165) is 5.56 Å². The van der Waals surface area contributed by atoms with Gasteiger partial charge in [0.2, 0.25) is 12.3 Å². The first-order valence-electron chi connectivity index (χ1n) is 7.38. The molecule has 1 aromatic heterocycles. The number of hydrogen-bond donors (Lipinski definition) is 0. The second-order valence-corrected chi connectivity index (χ2v) is 5.25. The summed E-state index contributed by atoms with van der Waals surface area (Å²) in [7, 11) is 0. The van der Waals surface area contributed by atoms with Crippen molar-refractivity contribution in [3.05, 3.63) is 84.3 Å². The Bertz CT molecular complexity index is 799. The molecule has 4 nitrogen and oxygen atoms in total. The molecule has 3 aromatic rings. The van der Waals surface area contributed by atoms with Crippen molar-refractivity contribution < 1.29 is 14.1 Å². The maximum Gasteiger partial charge on any atom is 0.392 e. The minimum absolute atomic E-state index is 0.0237. The third-order valence-corrected chi connectivity index (χ3v) is 3.45. The SMILES string of the molecule is Cc1ccc(Oc2cncc[n+]2CC(=O)c2ccccc2)cc1. The molecule has 2 aromatic carbocycles. The van der Waals surface area contributed by atoms with Crippen LogP contribution in [0.4, 0.5) is 0 Å². The van der Waals surface area contributed by atoms with E-state index in [-0.39, 0.29) is 12.3 Å². The topological polar surface area (TPSA) is 43.1 Å². The molecule has 3 rings (SSSR count). The molecule has 0 aliphatic rings. The zero-order chi connectivity index (χ0) is 16.1. The van der Waals surface area contributed by atoms with Crippen molar-refractivity contribution in [2.75, 3.05) is 0 Å². The number of aryl methyl sites for hydroxylation is 1. The van der Waals surface area contributed by atoms with Gasteiger partial charge in [-0.2, -0.15) is 4.57 Å². The summed E-state index contributed by atoms with van der Waals surface area (Å²) < 4.78 is 7.60. The van der Waals surface area contributed by atoms with Crippen LogP contribution in [-0.2, 0) is 6.54 Å². The Morgan fingerprint density at radius 2 is 1.83 bits per heavy atom. The number of ether oxygens (including phenoxy) is 1. The highest BCUT2D eigenvalue weighted by Gasteiger charge is 2.18. The number of hydrogen-bond acceptors (Lipinski definition) is 3. The number of benzene rings is 2. The minimum Gasteiger partial charge on any atom is -0.404 e. The monoisotopic (exact) mass is 305 g/mol. The van der Waals surface area contributed by atoms with E-state index in [1.54, 1.807) is 23.2 Å². The molecule has 114 valence electrons. The van der Waals surface area contributed by atoms with Crippen LogP contribution in [0.25, 0.3) is 0 Å². The molecular formula is C19H17N2O2+. The molecule has 0 saturated carbocycles. The van der Waals surface area contributed by atoms with Crippen LogP contribution in [0.1, 0.15) is 15.9 Å². The van der Waals surface area contributed by atoms with Crippen molar-refractivity contribution in [3.63, 3.8) is 0 Å². The van der Waals surface area contributed by atoms with Gasteiger partial charge >= 0.3 is 5.88 Å². The second kappa shape index (κ2) is 6.83. The lowest BCUT2D eigenvalue weighted by atomic mass is 10.1. The summed E-state index contributed by atoms with van der Waals surface area (Å²) >= 11 is 0. The van der Waals surface area contributed by atoms with Gasteiger partial charge in [0, 0.05) is 5.56 Å². The first kappa shape index (κ1) is 14.9. The number of ketones is 1. The smallest absolute Gasteiger partial charge is 0.392 e. The highest BCUT2D eigenvalue weighted by atomic mass is 16.5. The van der Waals surface area contributed by atoms with E-state index < -0.39 is 0 Å². The number of aromatic nitrogens is 2. The Balaban J connectivity index is 1.80. The van der Waals surface area contributed by atoms with Gasteiger partial charge in [-0.05, 0) is 19.1 Å². The van der Waals surface area contributed by atoms with E-state index in [1.807, 2.05) is 61.5 Å². The normalized spacial score (nSPS) is 10.3. The van der Waals surface area contributed by atoms with Crippen LogP contribution < -0.4 is 9.30 Å². The summed E-state index contributed by atoms with van der Waals surface area (Å²) in [6, 6.07) is 17.0. The van der Waals surface area contributed by atoms with Crippen molar-refractivity contribution in [1.29, 1.82) is 0 Å². The van der Waals surface area contributed by atoms with Gasteiger partial charge in [0.05, 0.1) is 6.20 Å². The lowest BCUT2D eigenvalue weighted by Gasteiger charge is -2.05. The minimum atomic E-state index is 0.0237. The fourth-order valence-corrected chi connectivity index (χ4v) is 2.19. The molecule has 0 radical (unpaired) electrons. The van der Waals surface area contributed by atoms with Gasteiger partial charge in [0.1, 0.15) is 11.9 Å². The molecule has 0 fully saturated rings. The predicted octanol–water partition coefficient (Wildman–Crippen LogP) is 3.35. The van der Waals surface area contributed by atoms with E-state index in [1.165, 1.54) is 0 Å². The summed E-state index contributed by atoms with van der Waals surface area (Å²) in [5.74, 6) is 1.26. The number of carbonyl (C=O) groups excluding carboxylic acids is 1. The van der Waals surface area contributed by atoms with E-state index >= 15 is 0 Å².